The van der Waals surface area contributed by atoms with Crippen molar-refractivity contribution in [3.8, 4) is 23.2 Å². The first kappa shape index (κ1) is 42.9. The van der Waals surface area contributed by atoms with Gasteiger partial charge < -0.3 is 34.6 Å². The number of amides is 2. The van der Waals surface area contributed by atoms with E-state index < -0.39 is 96.8 Å². The number of methoxy groups -OCH3 is 2. The van der Waals surface area contributed by atoms with Gasteiger partial charge >= 0.3 is 24.4 Å². The van der Waals surface area contributed by atoms with E-state index in [4.69, 9.17) is 19.9 Å². The summed E-state index contributed by atoms with van der Waals surface area (Å²) >= 11 is 0.523. The summed E-state index contributed by atoms with van der Waals surface area (Å²) in [6.45, 7) is 2.97. The molecule has 0 unspecified atom stereocenters. The number of hydrogen-bond donors (Lipinski definition) is 1. The minimum Gasteiger partial charge on any atom is -0.461 e. The number of fused-ring (bicyclic) bond motifs is 3. The van der Waals surface area contributed by atoms with Gasteiger partial charge in [-0.05, 0) is 50.4 Å². The summed E-state index contributed by atoms with van der Waals surface area (Å²) in [6.07, 6.45) is -10.8. The average molecular weight is 883 g/mol. The molecule has 6 heterocycles. The molecule has 0 aliphatic carbocycles. The van der Waals surface area contributed by atoms with E-state index >= 15 is 30.7 Å². The first-order valence-electron chi connectivity index (χ1n) is 19.7. The normalized spacial score (nSPS) is 23.5. The number of hydrogen-bond acceptors (Lipinski definition) is 11. The number of nitrogens with two attached hydrogens (primary N) is 1. The van der Waals surface area contributed by atoms with Gasteiger partial charge in [0.15, 0.2) is 0 Å². The Kier molecular flexibility index (Phi) is 11.1. The highest BCUT2D eigenvalue weighted by Gasteiger charge is 2.50. The van der Waals surface area contributed by atoms with Crippen molar-refractivity contribution in [1.29, 1.82) is 5.26 Å². The topological polar surface area (TPSA) is 133 Å². The number of ether oxygens (including phenoxy) is 3. The summed E-state index contributed by atoms with van der Waals surface area (Å²) in [5, 5.41) is 8.54. The number of likely N-dealkylation sites (N-methyl/N-ethyl adjacent to an activating group) is 1. The van der Waals surface area contributed by atoms with Crippen LogP contribution in [0.2, 0.25) is 0 Å². The van der Waals surface area contributed by atoms with Crippen molar-refractivity contribution in [2.24, 2.45) is 0 Å². The summed E-state index contributed by atoms with van der Waals surface area (Å²) in [5.41, 5.74) is -1.94. The molecule has 61 heavy (non-hydrogen) atoms. The number of carbonyl (C=O) groups excluding carboxylic acids is 1. The zero-order valence-electron chi connectivity index (χ0n) is 33.3. The largest absolute Gasteiger partial charge is 0.461 e. The Labute approximate surface area is 348 Å². The van der Waals surface area contributed by atoms with E-state index in [9.17, 15) is 14.4 Å². The Hall–Kier alpha value is -4.78. The Morgan fingerprint density at radius 3 is 2.52 bits per heavy atom. The second kappa shape index (κ2) is 15.8. The number of rotatable bonds is 10. The van der Waals surface area contributed by atoms with Crippen LogP contribution in [-0.2, 0) is 21.8 Å². The van der Waals surface area contributed by atoms with Crippen LogP contribution in [0.5, 0.6) is 6.01 Å². The molecule has 21 heteroatoms. The van der Waals surface area contributed by atoms with Crippen LogP contribution in [0.1, 0.15) is 49.3 Å². The van der Waals surface area contributed by atoms with Gasteiger partial charge in [-0.2, -0.15) is 41.6 Å². The minimum absolute atomic E-state index is 0.0113. The fourth-order valence-electron chi connectivity index (χ4n) is 9.66. The molecule has 0 saturated carbocycles. The Bertz CT molecular complexity index is 2400. The molecule has 2 amide bonds. The highest BCUT2D eigenvalue weighted by Crippen LogP contribution is 2.52. The van der Waals surface area contributed by atoms with E-state index in [1.165, 1.54) is 19.1 Å². The summed E-state index contributed by atoms with van der Waals surface area (Å²) in [6, 6.07) is 1.64. The van der Waals surface area contributed by atoms with Gasteiger partial charge in [-0.15, -0.1) is 11.3 Å². The molecule has 328 valence electrons. The van der Waals surface area contributed by atoms with Crippen molar-refractivity contribution in [2.45, 2.75) is 74.9 Å². The van der Waals surface area contributed by atoms with Crippen molar-refractivity contribution in [2.75, 3.05) is 77.3 Å². The van der Waals surface area contributed by atoms with Gasteiger partial charge in [-0.25, -0.2) is 13.6 Å². The third-order valence-corrected chi connectivity index (χ3v) is 13.5. The van der Waals surface area contributed by atoms with Crippen LogP contribution in [0.25, 0.3) is 32.1 Å². The van der Waals surface area contributed by atoms with Crippen molar-refractivity contribution in [1.82, 2.24) is 24.7 Å². The van der Waals surface area contributed by atoms with Crippen molar-refractivity contribution in [3.63, 3.8) is 0 Å². The molecule has 8 rings (SSSR count). The minimum atomic E-state index is -5.55. The van der Waals surface area contributed by atoms with Crippen LogP contribution >= 0.6 is 11.3 Å². The highest BCUT2D eigenvalue weighted by molar-refractivity contribution is 7.23. The number of aromatic nitrogens is 2. The number of nitrogen functional groups attached to an aromatic ring is 1. The third kappa shape index (κ3) is 7.42. The first-order valence-corrected chi connectivity index (χ1v) is 20.5. The summed E-state index contributed by atoms with van der Waals surface area (Å²) in [7, 11) is 2.98. The molecule has 12 nitrogen and oxygen atoms in total. The fourth-order valence-corrected chi connectivity index (χ4v) is 10.6. The van der Waals surface area contributed by atoms with Crippen molar-refractivity contribution < 1.29 is 54.1 Å². The zero-order valence-corrected chi connectivity index (χ0v) is 34.1. The molecule has 0 radical (unpaired) electrons. The summed E-state index contributed by atoms with van der Waals surface area (Å²) in [5.74, 6) is -1.31. The van der Waals surface area contributed by atoms with E-state index in [0.29, 0.717) is 43.5 Å². The standard InChI is InChI=1S/C40H42F8N8O4S/c1-4-55(21-10-22(18-58-2)56(15-21)37(57)53-16-23(17-53)59-3)35-25-11-27(39(43,44)45)30(24-6-7-28(42)33-29(24)26(13-49)34(50)61-33)31(40(46,47)48)32(25)51-36(52-35)60-19-38-8-5-9-54(38)14-20(41)12-38/h6-7,11,20-23H,4-5,8-10,12,14-19,50H2,1-3H3/t20-,21+,22-,38+/m1/s1. The maximum absolute atomic E-state index is 15.9. The van der Waals surface area contributed by atoms with E-state index in [1.54, 1.807) is 22.8 Å². The van der Waals surface area contributed by atoms with E-state index in [2.05, 4.69) is 9.97 Å². The monoisotopic (exact) mass is 882 g/mol. The highest BCUT2D eigenvalue weighted by atomic mass is 32.1. The van der Waals surface area contributed by atoms with Gasteiger partial charge in [0.05, 0.1) is 70.3 Å². The van der Waals surface area contributed by atoms with Crippen LogP contribution in [0.15, 0.2) is 18.2 Å². The second-order valence-electron chi connectivity index (χ2n) is 16.0. The molecule has 2 aromatic heterocycles. The first-order chi connectivity index (χ1) is 28.9. The molecule has 4 aliphatic rings. The molecule has 4 saturated heterocycles. The molecule has 4 atom stereocenters. The quantitative estimate of drug-likeness (QED) is 0.160. The van der Waals surface area contributed by atoms with Crippen LogP contribution < -0.4 is 15.4 Å². The molecule has 2 aromatic carbocycles. The maximum Gasteiger partial charge on any atom is 0.419 e. The van der Waals surface area contributed by atoms with Gasteiger partial charge in [-0.3, -0.25) is 4.90 Å². The number of nitriles is 1. The Balaban J connectivity index is 1.35. The van der Waals surface area contributed by atoms with Gasteiger partial charge in [0.25, 0.3) is 0 Å². The maximum atomic E-state index is 15.9. The lowest BCUT2D eigenvalue weighted by molar-refractivity contribution is -0.141. The zero-order chi connectivity index (χ0) is 43.8. The van der Waals surface area contributed by atoms with E-state index in [1.807, 2.05) is 4.90 Å². The third-order valence-electron chi connectivity index (χ3n) is 12.5. The SMILES string of the molecule is CCN(c1nc(OC[C@@]23CCCN2C[C@H](F)C3)nc2c(C(F)(F)F)c(-c3ccc(F)c4sc(N)c(C#N)c34)c(C(F)(F)F)cc12)[C@H]1C[C@H](COC)N(C(=O)N2CC(OC)C2)C1. The number of likely N-dealkylation sites (tertiary alicyclic amines) is 2. The van der Waals surface area contributed by atoms with E-state index in [-0.39, 0.29) is 68.6 Å². The number of alkyl halides is 7. The molecule has 4 aromatic rings. The van der Waals surface area contributed by atoms with Gasteiger partial charge in [-0.1, -0.05) is 6.07 Å². The number of carbonyl (C=O) groups is 1. The van der Waals surface area contributed by atoms with Crippen LogP contribution in [0.3, 0.4) is 0 Å². The number of thiophene rings is 1. The molecule has 2 N–H and O–H groups in total. The average Bonchev–Trinajstić information content (AvgIpc) is 3.93. The Morgan fingerprint density at radius 2 is 1.87 bits per heavy atom. The van der Waals surface area contributed by atoms with Crippen molar-refractivity contribution in [3.05, 3.63) is 40.7 Å². The molecule has 0 spiro atoms. The number of anilines is 2. The lowest BCUT2D eigenvalue weighted by Gasteiger charge is -2.41. The number of nitrogens with zero attached hydrogens (tertiary/aromatic N) is 7. The molecule has 0 bridgehead atoms. The lowest BCUT2D eigenvalue weighted by atomic mass is 9.88. The van der Waals surface area contributed by atoms with Crippen LogP contribution in [0, 0.1) is 17.1 Å². The number of benzene rings is 2. The fraction of sp³-hybridized carbons (Fsp3) is 0.550. The molecule has 4 aliphatic heterocycles. The lowest BCUT2D eigenvalue weighted by Crippen LogP contribution is -2.59. The molecular formula is C40H42F8N8O4S. The molecular weight excluding hydrogens is 841 g/mol. The van der Waals surface area contributed by atoms with E-state index in [0.717, 1.165) is 18.6 Å². The predicted octanol–water partition coefficient (Wildman–Crippen LogP) is 7.46. The molecule has 4 fully saturated rings. The van der Waals surface area contributed by atoms with Gasteiger partial charge in [0.1, 0.15) is 35.5 Å². The number of halogens is 8. The van der Waals surface area contributed by atoms with Crippen molar-refractivity contribution >= 4 is 49.2 Å². The predicted molar refractivity (Wildman–Crippen MR) is 210 cm³/mol. The van der Waals surface area contributed by atoms with Crippen LogP contribution in [0.4, 0.5) is 50.7 Å². The number of urea groups is 1. The smallest absolute Gasteiger partial charge is 0.419 e. The van der Waals surface area contributed by atoms with Crippen LogP contribution in [-0.4, -0.2) is 127 Å². The second-order valence-corrected chi connectivity index (χ2v) is 17.0. The Morgan fingerprint density at radius 1 is 1.11 bits per heavy atom. The van der Waals surface area contributed by atoms with Gasteiger partial charge in [0, 0.05) is 56.6 Å². The summed E-state index contributed by atoms with van der Waals surface area (Å²) < 4.78 is 140. The summed E-state index contributed by atoms with van der Waals surface area (Å²) in [4.78, 5) is 29.1. The van der Waals surface area contributed by atoms with Gasteiger partial charge in [0.2, 0.25) is 0 Å².